The minimum absolute atomic E-state index is 0.0167. The van der Waals surface area contributed by atoms with Crippen LogP contribution in [0.25, 0.3) is 0 Å². The van der Waals surface area contributed by atoms with Gasteiger partial charge in [-0.15, -0.1) is 0 Å². The lowest BCUT2D eigenvalue weighted by Gasteiger charge is -2.35. The molecule has 164 valence electrons. The average molecular weight is 436 g/mol. The Kier molecular flexibility index (Phi) is 7.96. The summed E-state index contributed by atoms with van der Waals surface area (Å²) < 4.78 is 5.26. The van der Waals surface area contributed by atoms with Crippen LogP contribution in [-0.2, 0) is 14.4 Å². The molecule has 0 aromatic heterocycles. The van der Waals surface area contributed by atoms with Gasteiger partial charge in [-0.25, -0.2) is 0 Å². The summed E-state index contributed by atoms with van der Waals surface area (Å²) in [6.07, 6.45) is 5.43. The van der Waals surface area contributed by atoms with Gasteiger partial charge in [0.15, 0.2) is 0 Å². The Morgan fingerprint density at radius 3 is 2.83 bits per heavy atom. The summed E-state index contributed by atoms with van der Waals surface area (Å²) in [5.74, 6) is 0.846. The van der Waals surface area contributed by atoms with Crippen LogP contribution in [0.4, 0.5) is 5.69 Å². The fourth-order valence-electron chi connectivity index (χ4n) is 4.15. The van der Waals surface area contributed by atoms with Crippen molar-refractivity contribution >= 4 is 35.0 Å². The smallest absolute Gasteiger partial charge is 0.242 e. The van der Waals surface area contributed by atoms with Gasteiger partial charge in [-0.3, -0.25) is 14.4 Å². The van der Waals surface area contributed by atoms with E-state index < -0.39 is 0 Å². The molecule has 1 aromatic rings. The summed E-state index contributed by atoms with van der Waals surface area (Å²) in [7, 11) is 1.55. The first-order chi connectivity index (χ1) is 14.5. The molecule has 30 heavy (non-hydrogen) atoms. The highest BCUT2D eigenvalue weighted by Gasteiger charge is 2.27. The molecule has 2 aliphatic heterocycles. The maximum absolute atomic E-state index is 12.7. The number of carbonyl (C=O) groups is 3. The van der Waals surface area contributed by atoms with Crippen molar-refractivity contribution in [2.24, 2.45) is 5.92 Å². The van der Waals surface area contributed by atoms with Crippen LogP contribution in [0.15, 0.2) is 18.2 Å². The quantitative estimate of drug-likeness (QED) is 0.712. The predicted molar refractivity (Wildman–Crippen MR) is 116 cm³/mol. The number of amides is 3. The molecule has 1 N–H and O–H groups in total. The normalized spacial score (nSPS) is 19.5. The van der Waals surface area contributed by atoms with E-state index in [4.69, 9.17) is 16.3 Å². The standard InChI is InChI=1S/C22H30ClN3O4/c1-30-19-9-8-17(23)13-18(19)24-20(27)10-7-16-5-4-12-25(14-16)22(29)15-26-11-3-2-6-21(26)28/h8-9,13,16H,2-7,10-12,14-15H2,1H3,(H,24,27). The van der Waals surface area contributed by atoms with Gasteiger partial charge in [0.2, 0.25) is 17.7 Å². The molecule has 3 rings (SSSR count). The number of hydrogen-bond donors (Lipinski definition) is 1. The van der Waals surface area contributed by atoms with Gasteiger partial charge in [0.05, 0.1) is 19.3 Å². The molecule has 8 heteroatoms. The van der Waals surface area contributed by atoms with Gasteiger partial charge in [-0.1, -0.05) is 11.6 Å². The second-order valence-corrected chi connectivity index (χ2v) is 8.49. The van der Waals surface area contributed by atoms with Crippen molar-refractivity contribution in [1.29, 1.82) is 0 Å². The van der Waals surface area contributed by atoms with E-state index in [1.54, 1.807) is 30.2 Å². The minimum Gasteiger partial charge on any atom is -0.495 e. The number of hydrogen-bond acceptors (Lipinski definition) is 4. The summed E-state index contributed by atoms with van der Waals surface area (Å²) >= 11 is 6.01. The summed E-state index contributed by atoms with van der Waals surface area (Å²) in [5, 5.41) is 3.39. The lowest BCUT2D eigenvalue weighted by molar-refractivity contribution is -0.142. The van der Waals surface area contributed by atoms with Gasteiger partial charge in [-0.05, 0) is 56.2 Å². The Bertz CT molecular complexity index is 786. The van der Waals surface area contributed by atoms with Crippen LogP contribution in [0, 0.1) is 5.92 Å². The van der Waals surface area contributed by atoms with Crippen LogP contribution in [0.2, 0.25) is 5.02 Å². The third-order valence-electron chi connectivity index (χ3n) is 5.83. The van der Waals surface area contributed by atoms with Crippen LogP contribution < -0.4 is 10.1 Å². The largest absolute Gasteiger partial charge is 0.495 e. The van der Waals surface area contributed by atoms with Crippen LogP contribution in [-0.4, -0.2) is 60.8 Å². The molecule has 2 heterocycles. The highest BCUT2D eigenvalue weighted by molar-refractivity contribution is 6.31. The van der Waals surface area contributed by atoms with E-state index in [2.05, 4.69) is 5.32 Å². The number of carbonyl (C=O) groups excluding carboxylic acids is 3. The average Bonchev–Trinajstić information content (AvgIpc) is 2.74. The molecule has 1 unspecified atom stereocenters. The number of nitrogens with one attached hydrogen (secondary N) is 1. The molecule has 0 spiro atoms. The molecule has 2 saturated heterocycles. The molecule has 0 saturated carbocycles. The Morgan fingerprint density at radius 1 is 1.23 bits per heavy atom. The van der Waals surface area contributed by atoms with E-state index in [0.29, 0.717) is 48.8 Å². The minimum atomic E-state index is -0.0991. The number of ether oxygens (including phenoxy) is 1. The third kappa shape index (κ3) is 6.11. The van der Waals surface area contributed by atoms with Crippen molar-refractivity contribution in [3.8, 4) is 5.75 Å². The number of piperidine rings is 2. The van der Waals surface area contributed by atoms with Crippen molar-refractivity contribution in [3.63, 3.8) is 0 Å². The van der Waals surface area contributed by atoms with Gasteiger partial charge in [0.25, 0.3) is 0 Å². The highest BCUT2D eigenvalue weighted by atomic mass is 35.5. The van der Waals surface area contributed by atoms with Gasteiger partial charge in [0, 0.05) is 37.5 Å². The Labute approximate surface area is 182 Å². The molecule has 2 fully saturated rings. The molecule has 1 aromatic carbocycles. The Morgan fingerprint density at radius 2 is 2.07 bits per heavy atom. The molecule has 0 bridgehead atoms. The van der Waals surface area contributed by atoms with Gasteiger partial charge in [0.1, 0.15) is 5.75 Å². The van der Waals surface area contributed by atoms with E-state index in [9.17, 15) is 14.4 Å². The molecular formula is C22H30ClN3O4. The number of benzene rings is 1. The molecule has 1 atom stereocenters. The highest BCUT2D eigenvalue weighted by Crippen LogP contribution is 2.28. The Balaban J connectivity index is 1.46. The molecule has 2 aliphatic rings. The summed E-state index contributed by atoms with van der Waals surface area (Å²) in [6.45, 7) is 2.23. The summed E-state index contributed by atoms with van der Waals surface area (Å²) in [5.41, 5.74) is 0.557. The van der Waals surface area contributed by atoms with E-state index >= 15 is 0 Å². The summed E-state index contributed by atoms with van der Waals surface area (Å²) in [6, 6.07) is 5.10. The van der Waals surface area contributed by atoms with E-state index in [-0.39, 0.29) is 30.2 Å². The molecule has 0 aliphatic carbocycles. The van der Waals surface area contributed by atoms with Crippen molar-refractivity contribution in [1.82, 2.24) is 9.80 Å². The third-order valence-corrected chi connectivity index (χ3v) is 6.07. The van der Waals surface area contributed by atoms with Crippen molar-refractivity contribution in [2.45, 2.75) is 44.9 Å². The second kappa shape index (κ2) is 10.7. The van der Waals surface area contributed by atoms with Crippen molar-refractivity contribution < 1.29 is 19.1 Å². The maximum Gasteiger partial charge on any atom is 0.242 e. The number of anilines is 1. The number of rotatable bonds is 7. The Hall–Kier alpha value is -2.28. The van der Waals surface area contributed by atoms with E-state index in [0.717, 1.165) is 32.2 Å². The fraction of sp³-hybridized carbons (Fsp3) is 0.591. The lowest BCUT2D eigenvalue weighted by atomic mass is 9.93. The zero-order valence-corrected chi connectivity index (χ0v) is 18.2. The predicted octanol–water partition coefficient (Wildman–Crippen LogP) is 3.32. The van der Waals surface area contributed by atoms with Gasteiger partial charge < -0.3 is 19.9 Å². The summed E-state index contributed by atoms with van der Waals surface area (Å²) in [4.78, 5) is 40.6. The first-order valence-corrected chi connectivity index (χ1v) is 11.0. The van der Waals surface area contributed by atoms with Crippen LogP contribution in [0.3, 0.4) is 0 Å². The van der Waals surface area contributed by atoms with E-state index in [1.807, 2.05) is 4.90 Å². The van der Waals surface area contributed by atoms with Crippen molar-refractivity contribution in [2.75, 3.05) is 38.6 Å². The molecule has 7 nitrogen and oxygen atoms in total. The zero-order valence-electron chi connectivity index (χ0n) is 17.5. The lowest BCUT2D eigenvalue weighted by Crippen LogP contribution is -2.47. The van der Waals surface area contributed by atoms with Crippen molar-refractivity contribution in [3.05, 3.63) is 23.2 Å². The van der Waals surface area contributed by atoms with Crippen LogP contribution in [0.1, 0.15) is 44.9 Å². The number of likely N-dealkylation sites (tertiary alicyclic amines) is 2. The van der Waals surface area contributed by atoms with Crippen LogP contribution in [0.5, 0.6) is 5.75 Å². The van der Waals surface area contributed by atoms with E-state index in [1.165, 1.54) is 0 Å². The monoisotopic (exact) mass is 435 g/mol. The number of halogens is 1. The topological polar surface area (TPSA) is 79.0 Å². The maximum atomic E-state index is 12.7. The molecule has 0 radical (unpaired) electrons. The van der Waals surface area contributed by atoms with Crippen LogP contribution >= 0.6 is 11.6 Å². The fourth-order valence-corrected chi connectivity index (χ4v) is 4.32. The first kappa shape index (κ1) is 22.4. The van der Waals surface area contributed by atoms with Gasteiger partial charge in [-0.2, -0.15) is 0 Å². The van der Waals surface area contributed by atoms with Gasteiger partial charge >= 0.3 is 0 Å². The second-order valence-electron chi connectivity index (χ2n) is 8.05. The SMILES string of the molecule is COc1ccc(Cl)cc1NC(=O)CCC1CCCN(C(=O)CN2CCCCC2=O)C1. The molecular weight excluding hydrogens is 406 g/mol. The number of methoxy groups -OCH3 is 1. The molecule has 3 amide bonds. The number of nitrogens with zero attached hydrogens (tertiary/aromatic N) is 2. The zero-order chi connectivity index (χ0) is 21.5. The first-order valence-electron chi connectivity index (χ1n) is 10.6.